The fourth-order valence-electron chi connectivity index (χ4n) is 3.34. The van der Waals surface area contributed by atoms with Crippen LogP contribution in [0.4, 0.5) is 0 Å². The van der Waals surface area contributed by atoms with E-state index in [1.54, 1.807) is 7.11 Å². The Balaban J connectivity index is 2.36. The van der Waals surface area contributed by atoms with Gasteiger partial charge in [0, 0.05) is 6.54 Å². The van der Waals surface area contributed by atoms with Gasteiger partial charge in [-0.05, 0) is 42.0 Å². The molecule has 108 valence electrons. The van der Waals surface area contributed by atoms with Gasteiger partial charge in [-0.2, -0.15) is 5.26 Å². The average molecular weight is 272 g/mol. The molecule has 20 heavy (non-hydrogen) atoms. The highest BCUT2D eigenvalue weighted by atomic mass is 16.5. The van der Waals surface area contributed by atoms with Gasteiger partial charge in [0.05, 0.1) is 13.2 Å². The third-order valence-corrected chi connectivity index (χ3v) is 5.06. The molecule has 3 unspecified atom stereocenters. The summed E-state index contributed by atoms with van der Waals surface area (Å²) in [6, 6.07) is 10.8. The Morgan fingerprint density at radius 3 is 2.85 bits per heavy atom. The van der Waals surface area contributed by atoms with E-state index >= 15 is 0 Å². The van der Waals surface area contributed by atoms with E-state index < -0.39 is 0 Å². The first-order valence-electron chi connectivity index (χ1n) is 7.35. The predicted octanol–water partition coefficient (Wildman–Crippen LogP) is 3.21. The molecule has 0 aliphatic carbocycles. The van der Waals surface area contributed by atoms with Crippen LogP contribution in [0.15, 0.2) is 24.3 Å². The summed E-state index contributed by atoms with van der Waals surface area (Å²) in [5, 5.41) is 9.53. The Kier molecular flexibility index (Phi) is 4.35. The second-order valence-electron chi connectivity index (χ2n) is 5.89. The molecule has 0 saturated carbocycles. The van der Waals surface area contributed by atoms with E-state index in [-0.39, 0.29) is 11.5 Å². The minimum atomic E-state index is -0.00930. The molecule has 1 aliphatic heterocycles. The number of nitrogens with zero attached hydrogens (tertiary/aromatic N) is 2. The first-order chi connectivity index (χ1) is 9.56. The zero-order valence-corrected chi connectivity index (χ0v) is 12.9. The largest absolute Gasteiger partial charge is 0.497 e. The number of benzene rings is 1. The predicted molar refractivity (Wildman–Crippen MR) is 80.8 cm³/mol. The lowest BCUT2D eigenvalue weighted by molar-refractivity contribution is 0.0774. The molecule has 0 radical (unpaired) electrons. The Bertz CT molecular complexity index is 508. The van der Waals surface area contributed by atoms with E-state index in [4.69, 9.17) is 4.74 Å². The second-order valence-corrected chi connectivity index (χ2v) is 5.89. The Morgan fingerprint density at radius 2 is 2.25 bits per heavy atom. The number of likely N-dealkylation sites (tertiary alicyclic amines) is 1. The van der Waals surface area contributed by atoms with Crippen molar-refractivity contribution < 1.29 is 4.74 Å². The zero-order valence-electron chi connectivity index (χ0n) is 12.9. The fourth-order valence-corrected chi connectivity index (χ4v) is 3.34. The number of nitriles is 1. The minimum absolute atomic E-state index is 0.00930. The van der Waals surface area contributed by atoms with Gasteiger partial charge >= 0.3 is 0 Å². The van der Waals surface area contributed by atoms with Crippen LogP contribution in [0.5, 0.6) is 5.75 Å². The molecular weight excluding hydrogens is 248 g/mol. The molecule has 0 aromatic heterocycles. The summed E-state index contributed by atoms with van der Waals surface area (Å²) in [6.45, 7) is 8.54. The maximum atomic E-state index is 9.53. The molecule has 1 heterocycles. The number of ether oxygens (including phenoxy) is 1. The topological polar surface area (TPSA) is 36.3 Å². The first kappa shape index (κ1) is 14.9. The van der Waals surface area contributed by atoms with E-state index in [1.807, 2.05) is 12.1 Å². The van der Waals surface area contributed by atoms with Crippen LogP contribution in [0.3, 0.4) is 0 Å². The van der Waals surface area contributed by atoms with Gasteiger partial charge in [0.1, 0.15) is 11.8 Å². The maximum absolute atomic E-state index is 9.53. The number of hydrogen-bond donors (Lipinski definition) is 0. The molecule has 1 aromatic rings. The monoisotopic (exact) mass is 272 g/mol. The average Bonchev–Trinajstić information content (AvgIpc) is 2.49. The van der Waals surface area contributed by atoms with Crippen molar-refractivity contribution in [3.8, 4) is 11.8 Å². The highest BCUT2D eigenvalue weighted by Gasteiger charge is 2.43. The van der Waals surface area contributed by atoms with Crippen LogP contribution in [0.1, 0.15) is 32.8 Å². The van der Waals surface area contributed by atoms with Crippen molar-refractivity contribution in [3.63, 3.8) is 0 Å². The highest BCUT2D eigenvalue weighted by Crippen LogP contribution is 2.42. The Labute approximate surface area is 122 Å². The summed E-state index contributed by atoms with van der Waals surface area (Å²) in [7, 11) is 1.70. The molecule has 0 spiro atoms. The summed E-state index contributed by atoms with van der Waals surface area (Å²) in [5.74, 6) is 1.19. The normalized spacial score (nSPS) is 30.8. The van der Waals surface area contributed by atoms with Crippen LogP contribution in [-0.4, -0.2) is 31.1 Å². The first-order valence-corrected chi connectivity index (χ1v) is 7.35. The molecule has 3 atom stereocenters. The summed E-state index contributed by atoms with van der Waals surface area (Å²) >= 11 is 0. The van der Waals surface area contributed by atoms with Crippen molar-refractivity contribution in [1.29, 1.82) is 5.26 Å². The second kappa shape index (κ2) is 5.85. The van der Waals surface area contributed by atoms with E-state index in [0.29, 0.717) is 5.92 Å². The van der Waals surface area contributed by atoms with Crippen molar-refractivity contribution in [3.05, 3.63) is 29.8 Å². The quantitative estimate of drug-likeness (QED) is 0.847. The fraction of sp³-hybridized carbons (Fsp3) is 0.588. The zero-order chi connectivity index (χ0) is 14.8. The van der Waals surface area contributed by atoms with Crippen LogP contribution in [0.25, 0.3) is 0 Å². The van der Waals surface area contributed by atoms with Gasteiger partial charge < -0.3 is 4.74 Å². The van der Waals surface area contributed by atoms with E-state index in [1.165, 1.54) is 5.56 Å². The smallest absolute Gasteiger partial charge is 0.119 e. The van der Waals surface area contributed by atoms with E-state index in [9.17, 15) is 5.26 Å². The molecule has 2 rings (SSSR count). The van der Waals surface area contributed by atoms with Gasteiger partial charge in [-0.3, -0.25) is 4.90 Å². The van der Waals surface area contributed by atoms with E-state index in [0.717, 1.165) is 25.3 Å². The van der Waals surface area contributed by atoms with Gasteiger partial charge in [-0.25, -0.2) is 0 Å². The number of hydrogen-bond acceptors (Lipinski definition) is 3. The SMILES string of the molecule is CCN1CCC(C)(c2cccc(OC)c2)C(C)C1C#N. The van der Waals surface area contributed by atoms with Crippen LogP contribution >= 0.6 is 0 Å². The third kappa shape index (κ3) is 2.41. The molecule has 1 aromatic carbocycles. The molecule has 0 bridgehead atoms. The molecule has 1 fully saturated rings. The minimum Gasteiger partial charge on any atom is -0.497 e. The summed E-state index contributed by atoms with van der Waals surface area (Å²) in [6.07, 6.45) is 1.08. The van der Waals surface area contributed by atoms with Gasteiger partial charge in [0.2, 0.25) is 0 Å². The molecule has 1 saturated heterocycles. The third-order valence-electron chi connectivity index (χ3n) is 5.06. The van der Waals surface area contributed by atoms with Crippen molar-refractivity contribution in [1.82, 2.24) is 4.90 Å². The molecular formula is C17H24N2O. The summed E-state index contributed by atoms with van der Waals surface area (Å²) in [5.41, 5.74) is 1.31. The number of rotatable bonds is 3. The maximum Gasteiger partial charge on any atom is 0.119 e. The van der Waals surface area contributed by atoms with Gasteiger partial charge in [0.25, 0.3) is 0 Å². The van der Waals surface area contributed by atoms with Crippen molar-refractivity contribution >= 4 is 0 Å². The van der Waals surface area contributed by atoms with Crippen LogP contribution < -0.4 is 4.74 Å². The highest BCUT2D eigenvalue weighted by molar-refractivity contribution is 5.35. The van der Waals surface area contributed by atoms with E-state index in [2.05, 4.69) is 43.9 Å². The number of methoxy groups -OCH3 is 1. The lowest BCUT2D eigenvalue weighted by Crippen LogP contribution is -2.53. The molecule has 1 aliphatic rings. The summed E-state index contributed by atoms with van der Waals surface area (Å²) < 4.78 is 5.35. The van der Waals surface area contributed by atoms with Crippen molar-refractivity contribution in [2.45, 2.75) is 38.6 Å². The van der Waals surface area contributed by atoms with Crippen LogP contribution in [0, 0.1) is 17.2 Å². The molecule has 0 amide bonds. The standard InChI is InChI=1S/C17H24N2O/c1-5-19-10-9-17(3,13(2)16(19)12-18)14-7-6-8-15(11-14)20-4/h6-8,11,13,16H,5,9-10H2,1-4H3. The molecule has 0 N–H and O–H groups in total. The summed E-state index contributed by atoms with van der Waals surface area (Å²) in [4.78, 5) is 2.28. The Morgan fingerprint density at radius 1 is 1.50 bits per heavy atom. The lowest BCUT2D eigenvalue weighted by atomic mass is 9.65. The van der Waals surface area contributed by atoms with Gasteiger partial charge in [-0.15, -0.1) is 0 Å². The van der Waals surface area contributed by atoms with Crippen molar-refractivity contribution in [2.75, 3.05) is 20.2 Å². The van der Waals surface area contributed by atoms with Gasteiger partial charge in [0.15, 0.2) is 0 Å². The lowest BCUT2D eigenvalue weighted by Gasteiger charge is -2.47. The van der Waals surface area contributed by atoms with Crippen LogP contribution in [0.2, 0.25) is 0 Å². The number of piperidine rings is 1. The molecule has 3 nitrogen and oxygen atoms in total. The van der Waals surface area contributed by atoms with Crippen LogP contribution in [-0.2, 0) is 5.41 Å². The van der Waals surface area contributed by atoms with Crippen molar-refractivity contribution in [2.24, 2.45) is 5.92 Å². The van der Waals surface area contributed by atoms with Gasteiger partial charge in [-0.1, -0.05) is 32.9 Å². The Hall–Kier alpha value is -1.53. The molecule has 3 heteroatoms.